The Kier molecular flexibility index (Phi) is 2.76. The fourth-order valence-electron chi connectivity index (χ4n) is 1.49. The molecule has 0 unspecified atom stereocenters. The molecule has 1 amide bonds. The molecule has 5 heteroatoms. The highest BCUT2D eigenvalue weighted by Crippen LogP contribution is 2.05. The van der Waals surface area contributed by atoms with Gasteiger partial charge >= 0.3 is 0 Å². The van der Waals surface area contributed by atoms with E-state index in [1.165, 1.54) is 0 Å². The highest BCUT2D eigenvalue weighted by atomic mass is 16.1. The van der Waals surface area contributed by atoms with E-state index in [9.17, 15) is 4.79 Å². The first kappa shape index (κ1) is 10.5. The zero-order valence-electron chi connectivity index (χ0n) is 9.32. The predicted octanol–water partition coefficient (Wildman–Crippen LogP) is 0.987. The van der Waals surface area contributed by atoms with Crippen molar-refractivity contribution in [2.24, 2.45) is 7.05 Å². The van der Waals surface area contributed by atoms with Crippen molar-refractivity contribution < 1.29 is 4.79 Å². The lowest BCUT2D eigenvalue weighted by Crippen LogP contribution is -2.25. The van der Waals surface area contributed by atoms with Gasteiger partial charge in [-0.25, -0.2) is 4.98 Å². The number of amides is 1. The lowest BCUT2D eigenvalue weighted by molar-refractivity contribution is 0.0942. The van der Waals surface area contributed by atoms with Crippen LogP contribution in [0.4, 0.5) is 0 Å². The second-order valence-corrected chi connectivity index (χ2v) is 3.68. The minimum absolute atomic E-state index is 0.0785. The van der Waals surface area contributed by atoms with Crippen LogP contribution in [-0.4, -0.2) is 20.4 Å². The normalized spacial score (nSPS) is 10.4. The molecule has 2 rings (SSSR count). The second kappa shape index (κ2) is 4.22. The Morgan fingerprint density at radius 3 is 2.94 bits per heavy atom. The van der Waals surface area contributed by atoms with Gasteiger partial charge in [-0.3, -0.25) is 4.79 Å². The van der Waals surface area contributed by atoms with Gasteiger partial charge in [0.2, 0.25) is 0 Å². The van der Waals surface area contributed by atoms with E-state index in [-0.39, 0.29) is 5.91 Å². The van der Waals surface area contributed by atoms with Crippen molar-refractivity contribution in [3.05, 3.63) is 41.7 Å². The molecule has 0 bridgehead atoms. The van der Waals surface area contributed by atoms with Gasteiger partial charge in [-0.15, -0.1) is 0 Å². The Balaban J connectivity index is 2.01. The molecule has 84 valence electrons. The van der Waals surface area contributed by atoms with Gasteiger partial charge in [-0.05, 0) is 19.1 Å². The van der Waals surface area contributed by atoms with Crippen molar-refractivity contribution in [3.8, 4) is 0 Å². The van der Waals surface area contributed by atoms with Crippen LogP contribution in [0.3, 0.4) is 0 Å². The number of hydrogen-bond donors (Lipinski definition) is 2. The Labute approximate surface area is 93.5 Å². The molecule has 16 heavy (non-hydrogen) atoms. The van der Waals surface area contributed by atoms with Crippen LogP contribution in [0.25, 0.3) is 0 Å². The summed E-state index contributed by atoms with van der Waals surface area (Å²) in [4.78, 5) is 18.6. The van der Waals surface area contributed by atoms with Crippen LogP contribution in [0.5, 0.6) is 0 Å². The third kappa shape index (κ3) is 1.98. The molecule has 0 atom stereocenters. The van der Waals surface area contributed by atoms with Gasteiger partial charge in [0.25, 0.3) is 5.91 Å². The number of aryl methyl sites for hydroxylation is 1. The topological polar surface area (TPSA) is 62.7 Å². The molecule has 0 fully saturated rings. The molecule has 0 aromatic carbocycles. The lowest BCUT2D eigenvalue weighted by atomic mass is 10.4. The number of nitrogens with one attached hydrogen (secondary N) is 2. The molecule has 0 saturated heterocycles. The average Bonchev–Trinajstić information content (AvgIpc) is 2.88. The van der Waals surface area contributed by atoms with Gasteiger partial charge in [0.1, 0.15) is 5.69 Å². The van der Waals surface area contributed by atoms with Gasteiger partial charge in [0, 0.05) is 18.9 Å². The SMILES string of the molecule is Cc1ccc(C(=O)NCc2cnc[nH]2)n1C. The van der Waals surface area contributed by atoms with E-state index >= 15 is 0 Å². The number of hydrogen-bond acceptors (Lipinski definition) is 2. The highest BCUT2D eigenvalue weighted by Gasteiger charge is 2.10. The minimum Gasteiger partial charge on any atom is -0.347 e. The third-order valence-electron chi connectivity index (χ3n) is 2.60. The van der Waals surface area contributed by atoms with E-state index in [0.717, 1.165) is 11.4 Å². The van der Waals surface area contributed by atoms with E-state index in [2.05, 4.69) is 15.3 Å². The molecule has 0 aliphatic carbocycles. The number of aromatic nitrogens is 3. The summed E-state index contributed by atoms with van der Waals surface area (Å²) in [5.41, 5.74) is 2.61. The van der Waals surface area contributed by atoms with Crippen molar-refractivity contribution in [2.75, 3.05) is 0 Å². The first-order chi connectivity index (χ1) is 7.68. The van der Waals surface area contributed by atoms with E-state index in [1.807, 2.05) is 30.7 Å². The summed E-state index contributed by atoms with van der Waals surface area (Å²) >= 11 is 0. The summed E-state index contributed by atoms with van der Waals surface area (Å²) in [6.07, 6.45) is 3.28. The molecule has 2 aromatic heterocycles. The van der Waals surface area contributed by atoms with Crippen LogP contribution in [0, 0.1) is 6.92 Å². The van der Waals surface area contributed by atoms with Crippen LogP contribution < -0.4 is 5.32 Å². The smallest absolute Gasteiger partial charge is 0.268 e. The fraction of sp³-hybridized carbons (Fsp3) is 0.273. The van der Waals surface area contributed by atoms with Crippen LogP contribution in [0.2, 0.25) is 0 Å². The summed E-state index contributed by atoms with van der Waals surface area (Å²) in [5, 5.41) is 2.82. The molecular weight excluding hydrogens is 204 g/mol. The van der Waals surface area contributed by atoms with Gasteiger partial charge in [-0.1, -0.05) is 0 Å². The number of rotatable bonds is 3. The van der Waals surface area contributed by atoms with Crippen molar-refractivity contribution in [1.29, 1.82) is 0 Å². The van der Waals surface area contributed by atoms with E-state index in [4.69, 9.17) is 0 Å². The number of H-pyrrole nitrogens is 1. The summed E-state index contributed by atoms with van der Waals surface area (Å²) in [6, 6.07) is 3.74. The van der Waals surface area contributed by atoms with Gasteiger partial charge < -0.3 is 14.9 Å². The van der Waals surface area contributed by atoms with E-state index in [1.54, 1.807) is 12.5 Å². The highest BCUT2D eigenvalue weighted by molar-refractivity contribution is 5.92. The van der Waals surface area contributed by atoms with Gasteiger partial charge in [0.15, 0.2) is 0 Å². The van der Waals surface area contributed by atoms with Crippen LogP contribution in [-0.2, 0) is 13.6 Å². The zero-order chi connectivity index (χ0) is 11.5. The number of imidazole rings is 1. The first-order valence-electron chi connectivity index (χ1n) is 5.06. The van der Waals surface area contributed by atoms with Crippen LogP contribution >= 0.6 is 0 Å². The van der Waals surface area contributed by atoms with E-state index < -0.39 is 0 Å². The predicted molar refractivity (Wildman–Crippen MR) is 59.9 cm³/mol. The van der Waals surface area contributed by atoms with Crippen LogP contribution in [0.1, 0.15) is 21.9 Å². The third-order valence-corrected chi connectivity index (χ3v) is 2.60. The number of carbonyl (C=O) groups is 1. The van der Waals surface area contributed by atoms with Crippen molar-refractivity contribution in [2.45, 2.75) is 13.5 Å². The molecule has 0 aliphatic heterocycles. The van der Waals surface area contributed by atoms with Crippen LogP contribution in [0.15, 0.2) is 24.7 Å². The lowest BCUT2D eigenvalue weighted by Gasteiger charge is -2.05. The minimum atomic E-state index is -0.0785. The van der Waals surface area contributed by atoms with Crippen molar-refractivity contribution in [3.63, 3.8) is 0 Å². The molecule has 2 heterocycles. The van der Waals surface area contributed by atoms with Crippen molar-refractivity contribution >= 4 is 5.91 Å². The maximum absolute atomic E-state index is 11.8. The Hall–Kier alpha value is -2.04. The summed E-state index contributed by atoms with van der Waals surface area (Å²) in [6.45, 7) is 2.43. The number of nitrogens with zero attached hydrogens (tertiary/aromatic N) is 2. The maximum atomic E-state index is 11.8. The van der Waals surface area contributed by atoms with Gasteiger partial charge in [0.05, 0.1) is 18.6 Å². The largest absolute Gasteiger partial charge is 0.347 e. The molecule has 0 saturated carbocycles. The van der Waals surface area contributed by atoms with E-state index in [0.29, 0.717) is 12.2 Å². The zero-order valence-corrected chi connectivity index (χ0v) is 9.32. The Morgan fingerprint density at radius 2 is 2.38 bits per heavy atom. The molecule has 2 N–H and O–H groups in total. The molecule has 0 spiro atoms. The molecular formula is C11H14N4O. The Morgan fingerprint density at radius 1 is 1.56 bits per heavy atom. The summed E-state index contributed by atoms with van der Waals surface area (Å²) < 4.78 is 1.86. The Bertz CT molecular complexity index is 484. The maximum Gasteiger partial charge on any atom is 0.268 e. The molecule has 2 aromatic rings. The number of aromatic amines is 1. The van der Waals surface area contributed by atoms with Crippen molar-refractivity contribution in [1.82, 2.24) is 19.9 Å². The average molecular weight is 218 g/mol. The fourth-order valence-corrected chi connectivity index (χ4v) is 1.49. The number of carbonyl (C=O) groups excluding carboxylic acids is 1. The monoisotopic (exact) mass is 218 g/mol. The summed E-state index contributed by atoms with van der Waals surface area (Å²) in [7, 11) is 1.88. The molecule has 0 aliphatic rings. The standard InChI is InChI=1S/C11H14N4O/c1-8-3-4-10(15(8)2)11(16)13-6-9-5-12-7-14-9/h3-5,7H,6H2,1-2H3,(H,12,14)(H,13,16). The van der Waals surface area contributed by atoms with Gasteiger partial charge in [-0.2, -0.15) is 0 Å². The molecule has 5 nitrogen and oxygen atoms in total. The first-order valence-corrected chi connectivity index (χ1v) is 5.06. The summed E-state index contributed by atoms with van der Waals surface area (Å²) in [5.74, 6) is -0.0785. The quantitative estimate of drug-likeness (QED) is 0.806. The second-order valence-electron chi connectivity index (χ2n) is 3.68. The molecule has 0 radical (unpaired) electrons.